The monoisotopic (exact) mass is 426 g/mol. The van der Waals surface area contributed by atoms with Crippen molar-refractivity contribution >= 4 is 21.9 Å². The molecule has 0 amide bonds. The van der Waals surface area contributed by atoms with Crippen LogP contribution in [0.25, 0.3) is 0 Å². The van der Waals surface area contributed by atoms with Crippen LogP contribution in [0.4, 0.5) is 0 Å². The predicted molar refractivity (Wildman–Crippen MR) is 107 cm³/mol. The van der Waals surface area contributed by atoms with Gasteiger partial charge in [-0.15, -0.1) is 0 Å². The number of halogens is 1. The molecule has 0 unspecified atom stereocenters. The number of carbonyl (C=O) groups is 1. The first kappa shape index (κ1) is 19.0. The van der Waals surface area contributed by atoms with E-state index in [0.29, 0.717) is 29.2 Å². The second-order valence-electron chi connectivity index (χ2n) is 6.10. The van der Waals surface area contributed by atoms with Crippen molar-refractivity contribution in [2.45, 2.75) is 20.1 Å². The number of hydrogen-bond acceptors (Lipinski definition) is 3. The van der Waals surface area contributed by atoms with Crippen molar-refractivity contribution in [1.29, 1.82) is 0 Å². The maximum absolute atomic E-state index is 11.5. The average Bonchev–Trinajstić information content (AvgIpc) is 2.65. The van der Waals surface area contributed by atoms with E-state index in [2.05, 4.69) is 15.9 Å². The molecule has 4 nitrogen and oxygen atoms in total. The van der Waals surface area contributed by atoms with Gasteiger partial charge >= 0.3 is 5.97 Å². The quantitative estimate of drug-likeness (QED) is 0.532. The highest BCUT2D eigenvalue weighted by Crippen LogP contribution is 2.23. The molecule has 0 spiro atoms. The number of hydrogen-bond donors (Lipinski definition) is 1. The summed E-state index contributed by atoms with van der Waals surface area (Å²) in [6, 6.07) is 20.6. The Balaban J connectivity index is 1.66. The minimum Gasteiger partial charge on any atom is -0.489 e. The molecule has 0 fully saturated rings. The van der Waals surface area contributed by atoms with Crippen molar-refractivity contribution in [3.05, 3.63) is 93.5 Å². The molecule has 0 saturated heterocycles. The molecule has 0 atom stereocenters. The van der Waals surface area contributed by atoms with Gasteiger partial charge in [0, 0.05) is 16.1 Å². The molecule has 3 aromatic carbocycles. The van der Waals surface area contributed by atoms with Gasteiger partial charge in [-0.3, -0.25) is 0 Å². The summed E-state index contributed by atoms with van der Waals surface area (Å²) in [4.78, 5) is 11.5. The number of aryl methyl sites for hydroxylation is 1. The Hall–Kier alpha value is -2.79. The largest absolute Gasteiger partial charge is 0.489 e. The topological polar surface area (TPSA) is 55.8 Å². The first-order valence-electron chi connectivity index (χ1n) is 8.45. The highest BCUT2D eigenvalue weighted by Gasteiger charge is 2.13. The number of aromatic carboxylic acids is 1. The van der Waals surface area contributed by atoms with Gasteiger partial charge in [-0.25, -0.2) is 4.79 Å². The molecule has 0 radical (unpaired) electrons. The van der Waals surface area contributed by atoms with Crippen LogP contribution in [0, 0.1) is 6.92 Å². The van der Waals surface area contributed by atoms with E-state index < -0.39 is 5.97 Å². The molecule has 0 aromatic heterocycles. The van der Waals surface area contributed by atoms with E-state index in [-0.39, 0.29) is 6.61 Å². The molecule has 0 aliphatic rings. The lowest BCUT2D eigenvalue weighted by molar-refractivity contribution is 0.0693. The van der Waals surface area contributed by atoms with Crippen LogP contribution in [0.15, 0.2) is 71.2 Å². The third-order valence-corrected chi connectivity index (χ3v) is 4.56. The molecule has 138 valence electrons. The SMILES string of the molecule is Cc1cccc(COc2cccc(OCc3cccc(Br)c3)c2)c1C(=O)O. The molecule has 1 N–H and O–H groups in total. The van der Waals surface area contributed by atoms with Gasteiger partial charge in [0.15, 0.2) is 0 Å². The minimum atomic E-state index is -0.946. The second-order valence-corrected chi connectivity index (χ2v) is 7.01. The Morgan fingerprint density at radius 3 is 2.30 bits per heavy atom. The van der Waals surface area contributed by atoms with Crippen molar-refractivity contribution < 1.29 is 19.4 Å². The zero-order chi connectivity index (χ0) is 19.2. The van der Waals surface area contributed by atoms with Gasteiger partial charge in [0.25, 0.3) is 0 Å². The van der Waals surface area contributed by atoms with E-state index in [4.69, 9.17) is 9.47 Å². The van der Waals surface area contributed by atoms with Crippen LogP contribution >= 0.6 is 15.9 Å². The van der Waals surface area contributed by atoms with Crippen LogP contribution in [0.5, 0.6) is 11.5 Å². The summed E-state index contributed by atoms with van der Waals surface area (Å²) >= 11 is 3.45. The maximum Gasteiger partial charge on any atom is 0.336 e. The second kappa shape index (κ2) is 8.73. The average molecular weight is 427 g/mol. The van der Waals surface area contributed by atoms with Crippen molar-refractivity contribution in [2.24, 2.45) is 0 Å². The number of rotatable bonds is 7. The fourth-order valence-corrected chi connectivity index (χ4v) is 3.21. The summed E-state index contributed by atoms with van der Waals surface area (Å²) in [7, 11) is 0. The van der Waals surface area contributed by atoms with Gasteiger partial charge in [-0.05, 0) is 42.3 Å². The van der Waals surface area contributed by atoms with Gasteiger partial charge < -0.3 is 14.6 Å². The number of carboxylic acids is 1. The van der Waals surface area contributed by atoms with Crippen LogP contribution in [-0.2, 0) is 13.2 Å². The van der Waals surface area contributed by atoms with E-state index in [9.17, 15) is 9.90 Å². The minimum absolute atomic E-state index is 0.179. The molecule has 0 saturated carbocycles. The standard InChI is InChI=1S/C22H19BrO4/c1-15-5-2-7-17(21(15)22(24)25)14-27-20-10-4-9-19(12-20)26-13-16-6-3-8-18(23)11-16/h2-12H,13-14H2,1H3,(H,24,25). The maximum atomic E-state index is 11.5. The molecule has 5 heteroatoms. The van der Waals surface area contributed by atoms with Gasteiger partial charge in [0.2, 0.25) is 0 Å². The fraction of sp³-hybridized carbons (Fsp3) is 0.136. The van der Waals surface area contributed by atoms with Gasteiger partial charge in [0.05, 0.1) is 5.56 Å². The van der Waals surface area contributed by atoms with E-state index in [1.165, 1.54) is 0 Å². The summed E-state index contributed by atoms with van der Waals surface area (Å²) in [5.41, 5.74) is 2.71. The van der Waals surface area contributed by atoms with Crippen molar-refractivity contribution in [2.75, 3.05) is 0 Å². The van der Waals surface area contributed by atoms with Gasteiger partial charge in [-0.1, -0.05) is 52.3 Å². The van der Waals surface area contributed by atoms with E-state index in [1.807, 2.05) is 48.5 Å². The smallest absolute Gasteiger partial charge is 0.336 e. The van der Waals surface area contributed by atoms with Crippen molar-refractivity contribution in [3.8, 4) is 11.5 Å². The Morgan fingerprint density at radius 1 is 0.926 bits per heavy atom. The summed E-state index contributed by atoms with van der Waals surface area (Å²) in [5.74, 6) is 0.368. The lowest BCUT2D eigenvalue weighted by atomic mass is 10.0. The molecule has 27 heavy (non-hydrogen) atoms. The lowest BCUT2D eigenvalue weighted by Gasteiger charge is -2.12. The zero-order valence-corrected chi connectivity index (χ0v) is 16.4. The Kier molecular flexibility index (Phi) is 6.14. The third-order valence-electron chi connectivity index (χ3n) is 4.07. The van der Waals surface area contributed by atoms with Crippen LogP contribution in [0.2, 0.25) is 0 Å². The molecule has 0 aliphatic heterocycles. The van der Waals surface area contributed by atoms with Crippen molar-refractivity contribution in [3.63, 3.8) is 0 Å². The van der Waals surface area contributed by atoms with Crippen LogP contribution in [0.3, 0.4) is 0 Å². The van der Waals surface area contributed by atoms with Crippen LogP contribution in [0.1, 0.15) is 27.0 Å². The highest BCUT2D eigenvalue weighted by molar-refractivity contribution is 9.10. The van der Waals surface area contributed by atoms with Gasteiger partial charge in [0.1, 0.15) is 24.7 Å². The molecule has 0 heterocycles. The predicted octanol–water partition coefficient (Wildman–Crippen LogP) is 5.61. The number of benzene rings is 3. The Bertz CT molecular complexity index is 953. The number of carboxylic acid groups (broad SMARTS) is 1. The molecular formula is C22H19BrO4. The molecule has 3 rings (SSSR count). The van der Waals surface area contributed by atoms with E-state index in [1.54, 1.807) is 25.1 Å². The lowest BCUT2D eigenvalue weighted by Crippen LogP contribution is -2.07. The van der Waals surface area contributed by atoms with Crippen LogP contribution < -0.4 is 9.47 Å². The summed E-state index contributed by atoms with van der Waals surface area (Å²) in [5, 5.41) is 9.41. The Morgan fingerprint density at radius 2 is 1.59 bits per heavy atom. The Labute approximate surface area is 166 Å². The first-order chi connectivity index (χ1) is 13.0. The third kappa shape index (κ3) is 5.11. The van der Waals surface area contributed by atoms with E-state index >= 15 is 0 Å². The van der Waals surface area contributed by atoms with Gasteiger partial charge in [-0.2, -0.15) is 0 Å². The van der Waals surface area contributed by atoms with Crippen molar-refractivity contribution in [1.82, 2.24) is 0 Å². The summed E-state index contributed by atoms with van der Waals surface area (Å²) in [6.07, 6.45) is 0. The zero-order valence-electron chi connectivity index (χ0n) is 14.8. The summed E-state index contributed by atoms with van der Waals surface area (Å²) < 4.78 is 12.6. The highest BCUT2D eigenvalue weighted by atomic mass is 79.9. The van der Waals surface area contributed by atoms with Crippen LogP contribution in [-0.4, -0.2) is 11.1 Å². The summed E-state index contributed by atoms with van der Waals surface area (Å²) in [6.45, 7) is 2.41. The molecular weight excluding hydrogens is 408 g/mol. The molecule has 3 aromatic rings. The first-order valence-corrected chi connectivity index (χ1v) is 9.24. The molecule has 0 aliphatic carbocycles. The fourth-order valence-electron chi connectivity index (χ4n) is 2.76. The molecule has 0 bridgehead atoms. The van der Waals surface area contributed by atoms with E-state index in [0.717, 1.165) is 15.6 Å². The normalized spacial score (nSPS) is 10.4. The number of ether oxygens (including phenoxy) is 2.